The van der Waals surface area contributed by atoms with Crippen LogP contribution in [0.1, 0.15) is 35.6 Å². The van der Waals surface area contributed by atoms with Crippen LogP contribution in [0.2, 0.25) is 0 Å². The van der Waals surface area contributed by atoms with E-state index in [0.717, 1.165) is 16.7 Å². The molecule has 124 valence electrons. The van der Waals surface area contributed by atoms with Crippen LogP contribution in [0, 0.1) is 6.92 Å². The summed E-state index contributed by atoms with van der Waals surface area (Å²) < 4.78 is 3.80. The molecular weight excluding hydrogens is 312 g/mol. The highest BCUT2D eigenvalue weighted by Crippen LogP contribution is 2.42. The Balaban J connectivity index is 1.64. The molecule has 1 aliphatic carbocycles. The summed E-state index contributed by atoms with van der Waals surface area (Å²) in [6.45, 7) is 2.53. The molecule has 0 amide bonds. The van der Waals surface area contributed by atoms with Crippen LogP contribution in [0.25, 0.3) is 16.4 Å². The summed E-state index contributed by atoms with van der Waals surface area (Å²) in [5.74, 6) is 0.570. The van der Waals surface area contributed by atoms with Gasteiger partial charge in [0.05, 0.1) is 17.6 Å². The Bertz CT molecular complexity index is 1170. The van der Waals surface area contributed by atoms with Gasteiger partial charge in [0.1, 0.15) is 5.65 Å². The fourth-order valence-corrected chi connectivity index (χ4v) is 3.51. The number of aromatic nitrogens is 4. The van der Waals surface area contributed by atoms with Crippen molar-refractivity contribution < 1.29 is 0 Å². The second kappa shape index (κ2) is 5.28. The van der Waals surface area contributed by atoms with Crippen molar-refractivity contribution in [3.8, 4) is 0 Å². The summed E-state index contributed by atoms with van der Waals surface area (Å²) in [6, 6.07) is 6.01. The molecule has 4 heterocycles. The van der Waals surface area contributed by atoms with Crippen molar-refractivity contribution in [2.45, 2.75) is 32.2 Å². The van der Waals surface area contributed by atoms with Gasteiger partial charge in [0.2, 0.25) is 0 Å². The van der Waals surface area contributed by atoms with E-state index in [2.05, 4.69) is 23.1 Å². The maximum Gasteiger partial charge on any atom is 0.260 e. The van der Waals surface area contributed by atoms with Crippen LogP contribution in [-0.4, -0.2) is 18.9 Å². The van der Waals surface area contributed by atoms with Crippen LogP contribution in [-0.2, 0) is 6.54 Å². The average Bonchev–Trinajstić information content (AvgIpc) is 3.38. The molecule has 4 aromatic heterocycles. The SMILES string of the molecule is Cc1ccc2nc(Cn3cc(C4CC4)c4ccncc4c3=O)cn2c1. The summed E-state index contributed by atoms with van der Waals surface area (Å²) in [4.78, 5) is 21.7. The fourth-order valence-electron chi connectivity index (χ4n) is 3.51. The topological polar surface area (TPSA) is 52.2 Å². The maximum atomic E-state index is 12.9. The number of aryl methyl sites for hydroxylation is 1. The Morgan fingerprint density at radius 1 is 1.12 bits per heavy atom. The van der Waals surface area contributed by atoms with E-state index in [-0.39, 0.29) is 5.56 Å². The molecule has 0 atom stereocenters. The fraction of sp³-hybridized carbons (Fsp3) is 0.250. The van der Waals surface area contributed by atoms with E-state index in [1.54, 1.807) is 17.0 Å². The van der Waals surface area contributed by atoms with Crippen molar-refractivity contribution in [1.82, 2.24) is 18.9 Å². The number of pyridine rings is 3. The van der Waals surface area contributed by atoms with Crippen molar-refractivity contribution in [3.05, 3.63) is 76.4 Å². The number of rotatable bonds is 3. The predicted molar refractivity (Wildman–Crippen MR) is 97.0 cm³/mol. The minimum absolute atomic E-state index is 0.000682. The molecule has 25 heavy (non-hydrogen) atoms. The third-order valence-electron chi connectivity index (χ3n) is 4.92. The van der Waals surface area contributed by atoms with E-state index in [1.165, 1.54) is 24.0 Å². The highest BCUT2D eigenvalue weighted by molar-refractivity contribution is 5.84. The molecule has 0 radical (unpaired) electrons. The van der Waals surface area contributed by atoms with Gasteiger partial charge in [-0.05, 0) is 54.3 Å². The third kappa shape index (κ3) is 2.43. The van der Waals surface area contributed by atoms with Gasteiger partial charge in [0.25, 0.3) is 5.56 Å². The van der Waals surface area contributed by atoms with Gasteiger partial charge in [-0.25, -0.2) is 4.98 Å². The molecule has 0 N–H and O–H groups in total. The van der Waals surface area contributed by atoms with Gasteiger partial charge in [0.15, 0.2) is 0 Å². The summed E-state index contributed by atoms with van der Waals surface area (Å²) in [5, 5.41) is 1.75. The normalized spacial score (nSPS) is 14.4. The lowest BCUT2D eigenvalue weighted by Crippen LogP contribution is -2.21. The quantitative estimate of drug-likeness (QED) is 0.579. The molecule has 0 aromatic carbocycles. The highest BCUT2D eigenvalue weighted by atomic mass is 16.1. The Morgan fingerprint density at radius 2 is 2.00 bits per heavy atom. The van der Waals surface area contributed by atoms with Gasteiger partial charge < -0.3 is 8.97 Å². The molecule has 0 saturated heterocycles. The second-order valence-electron chi connectivity index (χ2n) is 6.92. The Hall–Kier alpha value is -2.95. The van der Waals surface area contributed by atoms with E-state index in [4.69, 9.17) is 0 Å². The molecule has 0 unspecified atom stereocenters. The first kappa shape index (κ1) is 14.4. The zero-order valence-corrected chi connectivity index (χ0v) is 14.0. The maximum absolute atomic E-state index is 12.9. The van der Waals surface area contributed by atoms with Crippen molar-refractivity contribution in [2.24, 2.45) is 0 Å². The van der Waals surface area contributed by atoms with Crippen LogP contribution in [0.4, 0.5) is 0 Å². The third-order valence-corrected chi connectivity index (χ3v) is 4.92. The molecule has 0 spiro atoms. The molecule has 4 aromatic rings. The van der Waals surface area contributed by atoms with Gasteiger partial charge in [-0.15, -0.1) is 0 Å². The lowest BCUT2D eigenvalue weighted by Gasteiger charge is -2.10. The minimum Gasteiger partial charge on any atom is -0.309 e. The Kier molecular flexibility index (Phi) is 3.04. The number of imidazole rings is 1. The van der Waals surface area contributed by atoms with Crippen molar-refractivity contribution in [2.75, 3.05) is 0 Å². The first-order chi connectivity index (χ1) is 12.2. The predicted octanol–water partition coefficient (Wildman–Crippen LogP) is 3.28. The molecular formula is C20H18N4O. The second-order valence-corrected chi connectivity index (χ2v) is 6.92. The van der Waals surface area contributed by atoms with Gasteiger partial charge in [-0.3, -0.25) is 9.78 Å². The summed E-state index contributed by atoms with van der Waals surface area (Å²) in [7, 11) is 0. The average molecular weight is 330 g/mol. The van der Waals surface area contributed by atoms with Crippen LogP contribution in [0.15, 0.2) is 54.0 Å². The van der Waals surface area contributed by atoms with Crippen LogP contribution in [0.3, 0.4) is 0 Å². The van der Waals surface area contributed by atoms with Crippen LogP contribution >= 0.6 is 0 Å². The van der Waals surface area contributed by atoms with E-state index in [1.807, 2.05) is 35.0 Å². The van der Waals surface area contributed by atoms with Crippen molar-refractivity contribution >= 4 is 16.4 Å². The number of nitrogens with zero attached hydrogens (tertiary/aromatic N) is 4. The number of hydrogen-bond donors (Lipinski definition) is 0. The lowest BCUT2D eigenvalue weighted by molar-refractivity contribution is 0.743. The summed E-state index contributed by atoms with van der Waals surface area (Å²) in [6.07, 6.45) is 11.9. The molecule has 5 nitrogen and oxygen atoms in total. The molecule has 5 rings (SSSR count). The molecule has 5 heteroatoms. The standard InChI is InChI=1S/C20H18N4O/c1-13-2-5-19-22-15(10-23(19)9-13)11-24-12-18(14-3-4-14)16-6-7-21-8-17(16)20(24)25/h2,5-10,12,14H,3-4,11H2,1H3. The van der Waals surface area contributed by atoms with E-state index >= 15 is 0 Å². The first-order valence-corrected chi connectivity index (χ1v) is 8.60. The van der Waals surface area contributed by atoms with Crippen LogP contribution < -0.4 is 5.56 Å². The van der Waals surface area contributed by atoms with Crippen molar-refractivity contribution in [1.29, 1.82) is 0 Å². The molecule has 1 aliphatic rings. The lowest BCUT2D eigenvalue weighted by atomic mass is 10.1. The zero-order chi connectivity index (χ0) is 17.0. The molecule has 0 bridgehead atoms. The highest BCUT2D eigenvalue weighted by Gasteiger charge is 2.26. The molecule has 1 saturated carbocycles. The van der Waals surface area contributed by atoms with Crippen molar-refractivity contribution in [3.63, 3.8) is 0 Å². The number of hydrogen-bond acceptors (Lipinski definition) is 3. The minimum atomic E-state index is 0.000682. The number of fused-ring (bicyclic) bond motifs is 2. The first-order valence-electron chi connectivity index (χ1n) is 8.60. The Labute approximate surface area is 144 Å². The van der Waals surface area contributed by atoms with E-state index in [0.29, 0.717) is 17.8 Å². The zero-order valence-electron chi connectivity index (χ0n) is 14.0. The smallest absolute Gasteiger partial charge is 0.260 e. The van der Waals surface area contributed by atoms with E-state index < -0.39 is 0 Å². The van der Waals surface area contributed by atoms with Gasteiger partial charge >= 0.3 is 0 Å². The van der Waals surface area contributed by atoms with E-state index in [9.17, 15) is 4.79 Å². The van der Waals surface area contributed by atoms with Gasteiger partial charge in [0, 0.05) is 31.0 Å². The monoisotopic (exact) mass is 330 g/mol. The largest absolute Gasteiger partial charge is 0.309 e. The van der Waals surface area contributed by atoms with Gasteiger partial charge in [-0.1, -0.05) is 6.07 Å². The molecule has 1 fully saturated rings. The summed E-state index contributed by atoms with van der Waals surface area (Å²) >= 11 is 0. The Morgan fingerprint density at radius 3 is 2.84 bits per heavy atom. The van der Waals surface area contributed by atoms with Gasteiger partial charge in [-0.2, -0.15) is 0 Å². The van der Waals surface area contributed by atoms with Crippen LogP contribution in [0.5, 0.6) is 0 Å². The summed E-state index contributed by atoms with van der Waals surface area (Å²) in [5.41, 5.74) is 4.23. The molecule has 0 aliphatic heterocycles.